The number of aromatic carboxylic acids is 1. The second-order valence-electron chi connectivity index (χ2n) is 11.5. The third-order valence-corrected chi connectivity index (χ3v) is 8.64. The normalized spacial score (nSPS) is 11.6. The number of carbonyl (C=O) groups is 3. The highest BCUT2D eigenvalue weighted by Gasteiger charge is 2.22. The van der Waals surface area contributed by atoms with E-state index < -0.39 is 50.0 Å². The molecule has 16 nitrogen and oxygen atoms in total. The second-order valence-corrected chi connectivity index (χ2v) is 12.9. The zero-order chi connectivity index (χ0) is 38.6. The Kier molecular flexibility index (Phi) is 10.1. The monoisotopic (exact) mass is 745 g/mol. The van der Waals surface area contributed by atoms with Crippen molar-refractivity contribution in [2.45, 2.75) is 4.90 Å². The Labute approximate surface area is 305 Å². The molecule has 17 heteroatoms. The van der Waals surface area contributed by atoms with E-state index in [2.05, 4.69) is 31.1 Å². The first-order valence-electron chi connectivity index (χ1n) is 15.6. The summed E-state index contributed by atoms with van der Waals surface area (Å²) in [5.74, 6) is -3.21. The molecule has 2 amide bonds. The number of amides is 2. The molecular weight excluding hydrogens is 719 g/mol. The molecule has 6 aromatic rings. The number of aromatic hydroxyl groups is 2. The highest BCUT2D eigenvalue weighted by molar-refractivity contribution is 7.86. The lowest BCUT2D eigenvalue weighted by atomic mass is 10.1. The highest BCUT2D eigenvalue weighted by Crippen LogP contribution is 2.42. The van der Waals surface area contributed by atoms with Crippen LogP contribution in [0.15, 0.2) is 141 Å². The molecule has 0 unspecified atom stereocenters. The van der Waals surface area contributed by atoms with Gasteiger partial charge in [-0.1, -0.05) is 0 Å². The van der Waals surface area contributed by atoms with Gasteiger partial charge in [0.2, 0.25) is 0 Å². The fourth-order valence-corrected chi connectivity index (χ4v) is 5.69. The number of rotatable bonds is 10. The van der Waals surface area contributed by atoms with Crippen molar-refractivity contribution in [3.05, 3.63) is 132 Å². The Hall–Kier alpha value is -7.50. The average Bonchev–Trinajstić information content (AvgIpc) is 3.14. The van der Waals surface area contributed by atoms with Crippen LogP contribution >= 0.6 is 0 Å². The van der Waals surface area contributed by atoms with Gasteiger partial charge in [-0.3, -0.25) is 14.1 Å². The first-order valence-corrected chi connectivity index (χ1v) is 17.0. The van der Waals surface area contributed by atoms with Crippen LogP contribution < -0.4 is 16.4 Å². The molecule has 0 aliphatic carbocycles. The number of fused-ring (bicyclic) bond motifs is 1. The minimum atomic E-state index is -4.91. The molecule has 0 radical (unpaired) electrons. The van der Waals surface area contributed by atoms with Gasteiger partial charge < -0.3 is 31.7 Å². The van der Waals surface area contributed by atoms with Crippen molar-refractivity contribution < 1.29 is 42.7 Å². The van der Waals surface area contributed by atoms with Gasteiger partial charge in [0.25, 0.3) is 21.9 Å². The average molecular weight is 746 g/mol. The largest absolute Gasteiger partial charge is 0.507 e. The smallest absolute Gasteiger partial charge is 0.339 e. The molecule has 270 valence electrons. The minimum Gasteiger partial charge on any atom is -0.507 e. The van der Waals surface area contributed by atoms with Gasteiger partial charge in [0.1, 0.15) is 21.9 Å². The summed E-state index contributed by atoms with van der Waals surface area (Å²) >= 11 is 0. The van der Waals surface area contributed by atoms with E-state index in [0.29, 0.717) is 22.6 Å². The van der Waals surface area contributed by atoms with Crippen LogP contribution in [0.4, 0.5) is 39.8 Å². The van der Waals surface area contributed by atoms with Crippen molar-refractivity contribution in [1.82, 2.24) is 0 Å². The third kappa shape index (κ3) is 8.34. The number of carboxylic acid groups (broad SMARTS) is 1. The number of phenols is 2. The minimum absolute atomic E-state index is 0.164. The lowest BCUT2D eigenvalue weighted by molar-refractivity contribution is 0.0693. The number of carbonyl (C=O) groups excluding carboxylic acids is 2. The summed E-state index contributed by atoms with van der Waals surface area (Å²) in [6.45, 7) is 0. The number of hydrogen-bond donors (Lipinski definition) is 7. The van der Waals surface area contributed by atoms with Crippen LogP contribution in [-0.2, 0) is 10.1 Å². The lowest BCUT2D eigenvalue weighted by Crippen LogP contribution is -2.11. The predicted molar refractivity (Wildman–Crippen MR) is 198 cm³/mol. The maximum Gasteiger partial charge on any atom is 0.339 e. The van der Waals surface area contributed by atoms with Crippen molar-refractivity contribution in [3.63, 3.8) is 0 Å². The topological polar surface area (TPSA) is 266 Å². The number of nitrogens with zero attached hydrogens (tertiary/aromatic N) is 4. The Morgan fingerprint density at radius 1 is 0.611 bits per heavy atom. The first-order chi connectivity index (χ1) is 25.7. The van der Waals surface area contributed by atoms with Crippen molar-refractivity contribution in [1.29, 1.82) is 0 Å². The summed E-state index contributed by atoms with van der Waals surface area (Å²) in [5.41, 5.74) is 7.41. The summed E-state index contributed by atoms with van der Waals surface area (Å²) in [7, 11) is -4.91. The van der Waals surface area contributed by atoms with Crippen LogP contribution in [0.2, 0.25) is 0 Å². The van der Waals surface area contributed by atoms with Crippen molar-refractivity contribution in [2.24, 2.45) is 20.5 Å². The fraction of sp³-hybridized carbons (Fsp3) is 0. The molecule has 54 heavy (non-hydrogen) atoms. The number of azo groups is 2. The maximum absolute atomic E-state index is 12.9. The fourth-order valence-electron chi connectivity index (χ4n) is 5.04. The van der Waals surface area contributed by atoms with Gasteiger partial charge in [-0.2, -0.15) is 23.8 Å². The van der Waals surface area contributed by atoms with Gasteiger partial charge in [-0.05, 0) is 121 Å². The molecule has 0 atom stereocenters. The van der Waals surface area contributed by atoms with Crippen LogP contribution in [0.1, 0.15) is 31.1 Å². The molecule has 0 aliphatic heterocycles. The molecule has 0 heterocycles. The number of benzene rings is 6. The van der Waals surface area contributed by atoms with Gasteiger partial charge in [-0.15, -0.1) is 5.11 Å². The molecule has 0 bridgehead atoms. The number of nitrogen functional groups attached to an aromatic ring is 1. The van der Waals surface area contributed by atoms with Crippen molar-refractivity contribution in [2.75, 3.05) is 16.4 Å². The molecule has 0 saturated heterocycles. The predicted octanol–water partition coefficient (Wildman–Crippen LogP) is 8.11. The molecular formula is C37H27N7O9S. The molecule has 8 N–H and O–H groups in total. The summed E-state index contributed by atoms with van der Waals surface area (Å²) < 4.78 is 34.7. The van der Waals surface area contributed by atoms with E-state index in [1.54, 1.807) is 36.4 Å². The number of hydrogen-bond acceptors (Lipinski definition) is 12. The molecule has 6 rings (SSSR count). The molecule has 0 fully saturated rings. The van der Waals surface area contributed by atoms with Crippen LogP contribution in [-0.4, -0.2) is 46.1 Å². The number of carboxylic acids is 1. The van der Waals surface area contributed by atoms with E-state index >= 15 is 0 Å². The van der Waals surface area contributed by atoms with Crippen LogP contribution in [0.5, 0.6) is 11.5 Å². The summed E-state index contributed by atoms with van der Waals surface area (Å²) in [4.78, 5) is 36.0. The quantitative estimate of drug-likeness (QED) is 0.0402. The third-order valence-electron chi connectivity index (χ3n) is 7.77. The number of phenolic OH excluding ortho intramolecular Hbond substituents is 1. The first kappa shape index (κ1) is 36.3. The van der Waals surface area contributed by atoms with E-state index in [1.807, 2.05) is 0 Å². The maximum atomic E-state index is 12.9. The lowest BCUT2D eigenvalue weighted by Gasteiger charge is -2.11. The number of nitrogens with two attached hydrogens (primary N) is 1. The Bertz CT molecular complexity index is 2610. The SMILES string of the molecule is Nc1ccc(C(=O)Nc2ccc3c(O)c(N=Nc4ccc(C(=O)Nc5ccc(N=Nc6ccc(O)c(C(=O)O)c6)cc5)cc4)c(S(=O)(=O)O)cc3c2)cc1. The Balaban J connectivity index is 1.14. The van der Waals surface area contributed by atoms with Crippen molar-refractivity contribution in [3.8, 4) is 11.5 Å². The molecule has 0 aliphatic rings. The van der Waals surface area contributed by atoms with Gasteiger partial charge in [0.15, 0.2) is 5.75 Å². The van der Waals surface area contributed by atoms with Crippen molar-refractivity contribution >= 4 is 78.5 Å². The standard InChI is InChI=1S/C37H27N7O9S/c38-23-5-1-20(2-6-23)36(48)40-27-13-15-29-22(17-27)18-32(54(51,52)53)33(34(29)46)44-42-25-7-3-21(4-8-25)35(47)39-24-9-11-26(12-10-24)41-43-28-14-16-31(45)30(19-28)37(49)50/h1-19,45-46H,38H2,(H,39,47)(H,40,48)(H,49,50)(H,51,52,53). The van der Waals surface area contributed by atoms with E-state index in [-0.39, 0.29) is 39.0 Å². The molecule has 6 aromatic carbocycles. The van der Waals surface area contributed by atoms with Crippen LogP contribution in [0.3, 0.4) is 0 Å². The van der Waals surface area contributed by atoms with E-state index in [4.69, 9.17) is 10.8 Å². The van der Waals surface area contributed by atoms with E-state index in [1.165, 1.54) is 72.8 Å². The molecule has 0 spiro atoms. The summed E-state index contributed by atoms with van der Waals surface area (Å²) in [5, 5.41) is 51.5. The Morgan fingerprint density at radius 3 is 1.74 bits per heavy atom. The highest BCUT2D eigenvalue weighted by atomic mass is 32.2. The molecule has 0 aromatic heterocycles. The molecule has 0 saturated carbocycles. The number of anilines is 3. The van der Waals surface area contributed by atoms with E-state index in [0.717, 1.165) is 6.07 Å². The number of nitrogens with one attached hydrogen (secondary N) is 2. The Morgan fingerprint density at radius 2 is 1.13 bits per heavy atom. The van der Waals surface area contributed by atoms with Gasteiger partial charge in [0.05, 0.1) is 17.1 Å². The van der Waals surface area contributed by atoms with Gasteiger partial charge in [0, 0.05) is 33.6 Å². The zero-order valence-corrected chi connectivity index (χ0v) is 28.4. The van der Waals surface area contributed by atoms with E-state index in [9.17, 15) is 37.6 Å². The summed E-state index contributed by atoms with van der Waals surface area (Å²) in [6.07, 6.45) is 0. The second kappa shape index (κ2) is 15.0. The zero-order valence-electron chi connectivity index (χ0n) is 27.6. The van der Waals surface area contributed by atoms with Gasteiger partial charge in [-0.25, -0.2) is 4.79 Å². The van der Waals surface area contributed by atoms with Crippen LogP contribution in [0.25, 0.3) is 10.8 Å². The van der Waals surface area contributed by atoms with Crippen LogP contribution in [0, 0.1) is 0 Å². The summed E-state index contributed by atoms with van der Waals surface area (Å²) in [6, 6.07) is 27.5. The van der Waals surface area contributed by atoms with Gasteiger partial charge >= 0.3 is 5.97 Å².